The number of aryl methyl sites for hydroxylation is 1. The largest absolute Gasteiger partial charge is 0.478 e. The minimum Gasteiger partial charge on any atom is -0.478 e. The molecule has 0 radical (unpaired) electrons. The van der Waals surface area contributed by atoms with Crippen LogP contribution in [0.15, 0.2) is 24.3 Å². The number of nitrogens with one attached hydrogen (secondary N) is 1. The summed E-state index contributed by atoms with van der Waals surface area (Å²) in [5.74, 6) is -1.29. The van der Waals surface area contributed by atoms with Crippen molar-refractivity contribution < 1.29 is 15.0 Å². The first-order valence-corrected chi connectivity index (χ1v) is 3.83. The van der Waals surface area contributed by atoms with Crippen LogP contribution in [0.5, 0.6) is 0 Å². The molecule has 0 aliphatic carbocycles. The SMILES string of the molecule is Cc1ccc(NC(O)C(=O)O)cc1. The molecule has 1 atom stereocenters. The number of aliphatic hydroxyl groups is 1. The first-order valence-electron chi connectivity index (χ1n) is 3.83. The highest BCUT2D eigenvalue weighted by molar-refractivity contribution is 5.75. The summed E-state index contributed by atoms with van der Waals surface area (Å²) in [7, 11) is 0. The molecule has 0 aromatic heterocycles. The van der Waals surface area contributed by atoms with E-state index in [1.165, 1.54) is 0 Å². The Balaban J connectivity index is 2.64. The molecule has 0 bridgehead atoms. The predicted octanol–water partition coefficient (Wildman–Crippen LogP) is 0.810. The standard InChI is InChI=1S/C9H11NO3/c1-6-2-4-7(5-3-6)10-8(11)9(12)13/h2-5,8,10-11H,1H3,(H,12,13). The zero-order valence-electron chi connectivity index (χ0n) is 7.19. The molecule has 0 fully saturated rings. The minimum absolute atomic E-state index is 0.584. The summed E-state index contributed by atoms with van der Waals surface area (Å²) in [5.41, 5.74) is 1.66. The summed E-state index contributed by atoms with van der Waals surface area (Å²) in [4.78, 5) is 10.3. The number of carboxylic acid groups (broad SMARTS) is 1. The van der Waals surface area contributed by atoms with Crippen LogP contribution in [-0.4, -0.2) is 22.4 Å². The quantitative estimate of drug-likeness (QED) is 0.603. The van der Waals surface area contributed by atoms with E-state index in [1.54, 1.807) is 12.1 Å². The molecule has 0 saturated heterocycles. The van der Waals surface area contributed by atoms with Gasteiger partial charge in [0.1, 0.15) is 0 Å². The molecular formula is C9H11NO3. The molecule has 1 unspecified atom stereocenters. The van der Waals surface area contributed by atoms with E-state index in [4.69, 9.17) is 10.2 Å². The average molecular weight is 181 g/mol. The van der Waals surface area contributed by atoms with Gasteiger partial charge >= 0.3 is 5.97 Å². The van der Waals surface area contributed by atoms with Crippen molar-refractivity contribution in [1.82, 2.24) is 0 Å². The highest BCUT2D eigenvalue weighted by Gasteiger charge is 2.11. The van der Waals surface area contributed by atoms with Gasteiger partial charge in [-0.25, -0.2) is 4.79 Å². The van der Waals surface area contributed by atoms with Crippen LogP contribution in [0.25, 0.3) is 0 Å². The number of hydrogen-bond donors (Lipinski definition) is 3. The number of aliphatic carboxylic acids is 1. The van der Waals surface area contributed by atoms with Crippen molar-refractivity contribution in [1.29, 1.82) is 0 Å². The van der Waals surface area contributed by atoms with Gasteiger partial charge in [0.05, 0.1) is 0 Å². The molecule has 4 heteroatoms. The molecule has 1 aromatic rings. The number of benzene rings is 1. The van der Waals surface area contributed by atoms with Crippen molar-refractivity contribution in [2.24, 2.45) is 0 Å². The number of carboxylic acids is 1. The van der Waals surface area contributed by atoms with Gasteiger partial charge in [-0.05, 0) is 19.1 Å². The van der Waals surface area contributed by atoms with Crippen molar-refractivity contribution in [3.05, 3.63) is 29.8 Å². The van der Waals surface area contributed by atoms with Gasteiger partial charge in [0.15, 0.2) is 0 Å². The third-order valence-electron chi connectivity index (χ3n) is 1.59. The molecule has 1 aromatic carbocycles. The van der Waals surface area contributed by atoms with Crippen LogP contribution in [0.2, 0.25) is 0 Å². The Morgan fingerprint density at radius 1 is 1.38 bits per heavy atom. The normalized spacial score (nSPS) is 12.2. The van der Waals surface area contributed by atoms with Crippen LogP contribution in [0.4, 0.5) is 5.69 Å². The highest BCUT2D eigenvalue weighted by Crippen LogP contribution is 2.09. The molecule has 0 aliphatic rings. The van der Waals surface area contributed by atoms with E-state index in [2.05, 4.69) is 5.32 Å². The number of anilines is 1. The summed E-state index contributed by atoms with van der Waals surface area (Å²) in [6.45, 7) is 1.93. The molecule has 13 heavy (non-hydrogen) atoms. The fourth-order valence-electron chi connectivity index (χ4n) is 0.869. The van der Waals surface area contributed by atoms with Crippen LogP contribution in [0.1, 0.15) is 5.56 Å². The highest BCUT2D eigenvalue weighted by atomic mass is 16.4. The molecular weight excluding hydrogens is 170 g/mol. The second-order valence-corrected chi connectivity index (χ2v) is 2.75. The maximum atomic E-state index is 10.3. The van der Waals surface area contributed by atoms with E-state index in [9.17, 15) is 4.79 Å². The van der Waals surface area contributed by atoms with Crippen molar-refractivity contribution in [3.63, 3.8) is 0 Å². The van der Waals surface area contributed by atoms with E-state index >= 15 is 0 Å². The fourth-order valence-corrected chi connectivity index (χ4v) is 0.869. The Labute approximate surface area is 75.8 Å². The zero-order chi connectivity index (χ0) is 9.84. The summed E-state index contributed by atoms with van der Waals surface area (Å²) in [6.07, 6.45) is -1.55. The predicted molar refractivity (Wildman–Crippen MR) is 48.4 cm³/mol. The summed E-state index contributed by atoms with van der Waals surface area (Å²) in [6, 6.07) is 7.08. The Bertz CT molecular complexity index is 294. The monoisotopic (exact) mass is 181 g/mol. The van der Waals surface area contributed by atoms with Crippen LogP contribution in [0.3, 0.4) is 0 Å². The van der Waals surface area contributed by atoms with E-state index in [-0.39, 0.29) is 0 Å². The molecule has 70 valence electrons. The zero-order valence-corrected chi connectivity index (χ0v) is 7.19. The van der Waals surface area contributed by atoms with Crippen molar-refractivity contribution >= 4 is 11.7 Å². The van der Waals surface area contributed by atoms with E-state index in [0.717, 1.165) is 5.56 Å². The average Bonchev–Trinajstić information content (AvgIpc) is 2.08. The van der Waals surface area contributed by atoms with Crippen molar-refractivity contribution in [2.75, 3.05) is 5.32 Å². The molecule has 1 rings (SSSR count). The topological polar surface area (TPSA) is 69.6 Å². The molecule has 0 aliphatic heterocycles. The van der Waals surface area contributed by atoms with Gasteiger partial charge in [0, 0.05) is 5.69 Å². The Morgan fingerprint density at radius 3 is 2.38 bits per heavy atom. The lowest BCUT2D eigenvalue weighted by Gasteiger charge is -2.09. The summed E-state index contributed by atoms with van der Waals surface area (Å²) >= 11 is 0. The lowest BCUT2D eigenvalue weighted by Crippen LogP contribution is -2.28. The number of carbonyl (C=O) groups is 1. The minimum atomic E-state index is -1.55. The van der Waals surface area contributed by atoms with Gasteiger partial charge in [-0.15, -0.1) is 0 Å². The Hall–Kier alpha value is -1.55. The number of hydrogen-bond acceptors (Lipinski definition) is 3. The van der Waals surface area contributed by atoms with Gasteiger partial charge in [-0.3, -0.25) is 0 Å². The lowest BCUT2D eigenvalue weighted by atomic mass is 10.2. The number of aliphatic hydroxyl groups excluding tert-OH is 1. The Kier molecular flexibility index (Phi) is 2.87. The van der Waals surface area contributed by atoms with Gasteiger partial charge in [0.25, 0.3) is 0 Å². The molecule has 0 heterocycles. The summed E-state index contributed by atoms with van der Waals surface area (Å²) < 4.78 is 0. The van der Waals surface area contributed by atoms with Crippen molar-refractivity contribution in [3.8, 4) is 0 Å². The van der Waals surface area contributed by atoms with E-state index in [0.29, 0.717) is 5.69 Å². The lowest BCUT2D eigenvalue weighted by molar-refractivity contribution is -0.145. The second-order valence-electron chi connectivity index (χ2n) is 2.75. The third kappa shape index (κ3) is 2.76. The van der Waals surface area contributed by atoms with Crippen LogP contribution in [0, 0.1) is 6.92 Å². The molecule has 4 nitrogen and oxygen atoms in total. The van der Waals surface area contributed by atoms with Crippen LogP contribution < -0.4 is 5.32 Å². The molecule has 3 N–H and O–H groups in total. The van der Waals surface area contributed by atoms with Gasteiger partial charge in [-0.1, -0.05) is 17.7 Å². The van der Waals surface area contributed by atoms with E-state index in [1.807, 2.05) is 19.1 Å². The van der Waals surface area contributed by atoms with Crippen LogP contribution in [-0.2, 0) is 4.79 Å². The Morgan fingerprint density at radius 2 is 1.92 bits per heavy atom. The number of rotatable bonds is 3. The first kappa shape index (κ1) is 9.54. The van der Waals surface area contributed by atoms with Gasteiger partial charge in [-0.2, -0.15) is 0 Å². The summed E-state index contributed by atoms with van der Waals surface area (Å²) in [5, 5.41) is 19.7. The molecule has 0 spiro atoms. The third-order valence-corrected chi connectivity index (χ3v) is 1.59. The maximum absolute atomic E-state index is 10.3. The van der Waals surface area contributed by atoms with Crippen LogP contribution >= 0.6 is 0 Å². The smallest absolute Gasteiger partial charge is 0.353 e. The second kappa shape index (κ2) is 3.91. The van der Waals surface area contributed by atoms with Gasteiger partial charge < -0.3 is 15.5 Å². The molecule has 0 amide bonds. The maximum Gasteiger partial charge on any atom is 0.353 e. The molecule has 0 saturated carbocycles. The van der Waals surface area contributed by atoms with E-state index < -0.39 is 12.2 Å². The van der Waals surface area contributed by atoms with Crippen molar-refractivity contribution in [2.45, 2.75) is 13.2 Å². The fraction of sp³-hybridized carbons (Fsp3) is 0.222. The van der Waals surface area contributed by atoms with Gasteiger partial charge in [0.2, 0.25) is 6.23 Å². The first-order chi connectivity index (χ1) is 6.09.